The standard InChI is InChI=1S/C11H13NO3/c1-8(2)15-10-5-9(6-12-7-10)3-4-11(13)14/h3-8H,1-2H3,(H,13,14)/b4-3+. The van der Waals surface area contributed by atoms with E-state index in [2.05, 4.69) is 4.98 Å². The summed E-state index contributed by atoms with van der Waals surface area (Å²) in [5, 5.41) is 8.45. The van der Waals surface area contributed by atoms with E-state index in [4.69, 9.17) is 9.84 Å². The molecule has 1 rings (SSSR count). The zero-order valence-corrected chi connectivity index (χ0v) is 8.68. The molecule has 0 bridgehead atoms. The highest BCUT2D eigenvalue weighted by molar-refractivity contribution is 5.85. The molecule has 1 heterocycles. The highest BCUT2D eigenvalue weighted by Gasteiger charge is 1.98. The molecular weight excluding hydrogens is 194 g/mol. The van der Waals surface area contributed by atoms with E-state index in [1.54, 1.807) is 18.5 Å². The summed E-state index contributed by atoms with van der Waals surface area (Å²) >= 11 is 0. The summed E-state index contributed by atoms with van der Waals surface area (Å²) in [6.07, 6.45) is 5.79. The van der Waals surface area contributed by atoms with Gasteiger partial charge in [0.1, 0.15) is 5.75 Å². The first-order valence-electron chi connectivity index (χ1n) is 4.60. The number of carboxylic acid groups (broad SMARTS) is 1. The van der Waals surface area contributed by atoms with E-state index in [9.17, 15) is 4.79 Å². The Morgan fingerprint density at radius 3 is 2.87 bits per heavy atom. The summed E-state index contributed by atoms with van der Waals surface area (Å²) in [4.78, 5) is 14.2. The first kappa shape index (κ1) is 11.2. The molecule has 0 aliphatic rings. The quantitative estimate of drug-likeness (QED) is 0.767. The van der Waals surface area contributed by atoms with Gasteiger partial charge in [0.15, 0.2) is 0 Å². The van der Waals surface area contributed by atoms with Crippen molar-refractivity contribution in [3.63, 3.8) is 0 Å². The number of hydrogen-bond acceptors (Lipinski definition) is 3. The van der Waals surface area contributed by atoms with Crippen molar-refractivity contribution in [3.05, 3.63) is 30.1 Å². The van der Waals surface area contributed by atoms with E-state index in [1.807, 2.05) is 13.8 Å². The zero-order chi connectivity index (χ0) is 11.3. The molecule has 0 aromatic carbocycles. The van der Waals surface area contributed by atoms with Crippen molar-refractivity contribution in [1.29, 1.82) is 0 Å². The normalized spacial score (nSPS) is 10.9. The molecule has 4 heteroatoms. The Labute approximate surface area is 88.2 Å². The second-order valence-electron chi connectivity index (χ2n) is 3.29. The lowest BCUT2D eigenvalue weighted by Gasteiger charge is -2.08. The molecule has 4 nitrogen and oxygen atoms in total. The molecule has 80 valence electrons. The molecule has 1 N–H and O–H groups in total. The molecule has 0 spiro atoms. The van der Waals surface area contributed by atoms with Crippen LogP contribution < -0.4 is 4.74 Å². The number of nitrogens with zero attached hydrogens (tertiary/aromatic N) is 1. The van der Waals surface area contributed by atoms with Gasteiger partial charge in [-0.3, -0.25) is 4.98 Å². The molecule has 1 aromatic heterocycles. The van der Waals surface area contributed by atoms with Crippen molar-refractivity contribution in [3.8, 4) is 5.75 Å². The van der Waals surface area contributed by atoms with Crippen molar-refractivity contribution in [2.24, 2.45) is 0 Å². The minimum atomic E-state index is -0.981. The van der Waals surface area contributed by atoms with Crippen LogP contribution in [0.5, 0.6) is 5.75 Å². The second-order valence-corrected chi connectivity index (χ2v) is 3.29. The summed E-state index contributed by atoms with van der Waals surface area (Å²) in [7, 11) is 0. The van der Waals surface area contributed by atoms with Gasteiger partial charge in [0.2, 0.25) is 0 Å². The summed E-state index contributed by atoms with van der Waals surface area (Å²) in [5.41, 5.74) is 0.704. The van der Waals surface area contributed by atoms with E-state index >= 15 is 0 Å². The Balaban J connectivity index is 2.78. The molecule has 0 aliphatic carbocycles. The lowest BCUT2D eigenvalue weighted by molar-refractivity contribution is -0.131. The predicted octanol–water partition coefficient (Wildman–Crippen LogP) is 1.97. The van der Waals surface area contributed by atoms with E-state index in [1.165, 1.54) is 6.08 Å². The van der Waals surface area contributed by atoms with E-state index in [-0.39, 0.29) is 6.10 Å². The molecule has 0 saturated carbocycles. The number of aromatic nitrogens is 1. The molecular formula is C11H13NO3. The van der Waals surface area contributed by atoms with Crippen LogP contribution in [0, 0.1) is 0 Å². The lowest BCUT2D eigenvalue weighted by Crippen LogP contribution is -2.05. The SMILES string of the molecule is CC(C)Oc1cncc(/C=C/C(=O)O)c1. The van der Waals surface area contributed by atoms with Crippen molar-refractivity contribution in [2.75, 3.05) is 0 Å². The summed E-state index contributed by atoms with van der Waals surface area (Å²) in [6.45, 7) is 3.83. The number of carbonyl (C=O) groups is 1. The van der Waals surface area contributed by atoms with Gasteiger partial charge in [-0.1, -0.05) is 0 Å². The molecule has 0 atom stereocenters. The molecule has 0 radical (unpaired) electrons. The van der Waals surface area contributed by atoms with Crippen molar-refractivity contribution in [2.45, 2.75) is 20.0 Å². The van der Waals surface area contributed by atoms with Gasteiger partial charge in [-0.15, -0.1) is 0 Å². The molecule has 0 unspecified atom stereocenters. The van der Waals surface area contributed by atoms with Crippen LogP contribution >= 0.6 is 0 Å². The van der Waals surface area contributed by atoms with E-state index in [0.29, 0.717) is 11.3 Å². The number of pyridine rings is 1. The number of aliphatic carboxylic acids is 1. The van der Waals surface area contributed by atoms with Gasteiger partial charge in [0.05, 0.1) is 12.3 Å². The summed E-state index contributed by atoms with van der Waals surface area (Å²) in [5.74, 6) is -0.345. The van der Waals surface area contributed by atoms with Gasteiger partial charge in [-0.2, -0.15) is 0 Å². The van der Waals surface area contributed by atoms with Crippen molar-refractivity contribution >= 4 is 12.0 Å². The van der Waals surface area contributed by atoms with E-state index < -0.39 is 5.97 Å². The average Bonchev–Trinajstić information content (AvgIpc) is 2.14. The Morgan fingerprint density at radius 2 is 2.27 bits per heavy atom. The van der Waals surface area contributed by atoms with Crippen molar-refractivity contribution < 1.29 is 14.6 Å². The Bertz CT molecular complexity index is 372. The maximum Gasteiger partial charge on any atom is 0.328 e. The second kappa shape index (κ2) is 5.14. The number of carboxylic acids is 1. The van der Waals surface area contributed by atoms with Crippen molar-refractivity contribution in [1.82, 2.24) is 4.98 Å². The fourth-order valence-corrected chi connectivity index (χ4v) is 1.03. The molecule has 0 amide bonds. The smallest absolute Gasteiger partial charge is 0.328 e. The van der Waals surface area contributed by atoms with Gasteiger partial charge in [-0.05, 0) is 31.6 Å². The first-order valence-corrected chi connectivity index (χ1v) is 4.60. The molecule has 0 aliphatic heterocycles. The Morgan fingerprint density at radius 1 is 1.53 bits per heavy atom. The monoisotopic (exact) mass is 207 g/mol. The average molecular weight is 207 g/mol. The number of rotatable bonds is 4. The molecule has 1 aromatic rings. The maximum atomic E-state index is 10.3. The third-order valence-electron chi connectivity index (χ3n) is 1.52. The summed E-state index contributed by atoms with van der Waals surface area (Å²) in [6, 6.07) is 1.74. The first-order chi connectivity index (χ1) is 7.08. The molecule has 15 heavy (non-hydrogen) atoms. The number of ether oxygens (including phenoxy) is 1. The fraction of sp³-hybridized carbons (Fsp3) is 0.273. The Hall–Kier alpha value is -1.84. The van der Waals surface area contributed by atoms with Gasteiger partial charge in [0, 0.05) is 12.3 Å². The van der Waals surface area contributed by atoms with E-state index in [0.717, 1.165) is 6.08 Å². The van der Waals surface area contributed by atoms with Crippen LogP contribution in [-0.2, 0) is 4.79 Å². The lowest BCUT2D eigenvalue weighted by atomic mass is 10.2. The van der Waals surface area contributed by atoms with Crippen LogP contribution in [0.25, 0.3) is 6.08 Å². The molecule has 0 saturated heterocycles. The van der Waals surface area contributed by atoms with Crippen LogP contribution in [0.1, 0.15) is 19.4 Å². The Kier molecular flexibility index (Phi) is 3.85. The zero-order valence-electron chi connectivity index (χ0n) is 8.68. The van der Waals surface area contributed by atoms with Crippen LogP contribution in [0.4, 0.5) is 0 Å². The largest absolute Gasteiger partial charge is 0.489 e. The predicted molar refractivity (Wildman–Crippen MR) is 56.7 cm³/mol. The van der Waals surface area contributed by atoms with Crippen LogP contribution in [0.3, 0.4) is 0 Å². The third kappa shape index (κ3) is 4.26. The topological polar surface area (TPSA) is 59.4 Å². The number of hydrogen-bond donors (Lipinski definition) is 1. The van der Waals surface area contributed by atoms with Crippen LogP contribution in [-0.4, -0.2) is 22.2 Å². The van der Waals surface area contributed by atoms with Crippen LogP contribution in [0.2, 0.25) is 0 Å². The highest BCUT2D eigenvalue weighted by Crippen LogP contribution is 2.13. The van der Waals surface area contributed by atoms with Gasteiger partial charge < -0.3 is 9.84 Å². The highest BCUT2D eigenvalue weighted by atomic mass is 16.5. The van der Waals surface area contributed by atoms with Gasteiger partial charge >= 0.3 is 5.97 Å². The van der Waals surface area contributed by atoms with Crippen LogP contribution in [0.15, 0.2) is 24.5 Å². The third-order valence-corrected chi connectivity index (χ3v) is 1.52. The van der Waals surface area contributed by atoms with Gasteiger partial charge in [-0.25, -0.2) is 4.79 Å². The minimum absolute atomic E-state index is 0.0745. The van der Waals surface area contributed by atoms with Gasteiger partial charge in [0.25, 0.3) is 0 Å². The minimum Gasteiger partial charge on any atom is -0.489 e. The summed E-state index contributed by atoms with van der Waals surface area (Å²) < 4.78 is 5.42. The maximum absolute atomic E-state index is 10.3. The molecule has 0 fully saturated rings. The fourth-order valence-electron chi connectivity index (χ4n) is 1.03.